The molecule has 3 nitrogen and oxygen atoms in total. The first-order chi connectivity index (χ1) is 9.10. The number of ether oxygens (including phenoxy) is 1. The van der Waals surface area contributed by atoms with Crippen LogP contribution in [0.1, 0.15) is 32.4 Å². The van der Waals surface area contributed by atoms with E-state index < -0.39 is 0 Å². The Labute approximate surface area is 115 Å². The van der Waals surface area contributed by atoms with Crippen LogP contribution >= 0.6 is 0 Å². The maximum absolute atomic E-state index is 5.67. The van der Waals surface area contributed by atoms with Gasteiger partial charge in [0.05, 0.1) is 17.2 Å². The average Bonchev–Trinajstić information content (AvgIpc) is 2.44. The van der Waals surface area contributed by atoms with Gasteiger partial charge in [0.2, 0.25) is 0 Å². The second kappa shape index (κ2) is 5.68. The molecule has 102 valence electrons. The topological polar surface area (TPSA) is 34.2 Å². The fraction of sp³-hybridized carbons (Fsp3) is 0.438. The molecule has 1 N–H and O–H groups in total. The number of rotatable bonds is 5. The normalized spacial score (nSPS) is 13.7. The second-order valence-electron chi connectivity index (χ2n) is 5.22. The highest BCUT2D eigenvalue weighted by Gasteiger charge is 2.31. The van der Waals surface area contributed by atoms with Crippen LogP contribution in [0.3, 0.4) is 0 Å². The number of fused-ring (bicyclic) bond motifs is 1. The summed E-state index contributed by atoms with van der Waals surface area (Å²) in [6.45, 7) is 7.20. The summed E-state index contributed by atoms with van der Waals surface area (Å²) in [5.74, 6) is 0. The Balaban J connectivity index is 2.56. The summed E-state index contributed by atoms with van der Waals surface area (Å²) < 4.78 is 5.67. The summed E-state index contributed by atoms with van der Waals surface area (Å²) in [6, 6.07) is 10.5. The van der Waals surface area contributed by atoms with Crippen molar-refractivity contribution >= 4 is 10.9 Å². The van der Waals surface area contributed by atoms with Crippen molar-refractivity contribution in [3.05, 3.63) is 42.1 Å². The molecule has 0 saturated heterocycles. The first kappa shape index (κ1) is 14.0. The van der Waals surface area contributed by atoms with Crippen molar-refractivity contribution in [3.8, 4) is 0 Å². The van der Waals surface area contributed by atoms with Crippen LogP contribution in [0.4, 0.5) is 0 Å². The first-order valence-corrected chi connectivity index (χ1v) is 6.72. The van der Waals surface area contributed by atoms with Crippen LogP contribution in [-0.2, 0) is 4.74 Å². The number of hydrogen-bond donors (Lipinski definition) is 1. The average molecular weight is 258 g/mol. The fourth-order valence-corrected chi connectivity index (χ4v) is 2.41. The zero-order valence-electron chi connectivity index (χ0n) is 12.1. The fourth-order valence-electron chi connectivity index (χ4n) is 2.41. The SMILES string of the molecule is CCNC(c1cccc2cccnc12)C(C)(C)OC. The number of nitrogens with zero attached hydrogens (tertiary/aromatic N) is 1. The molecule has 0 aliphatic heterocycles. The summed E-state index contributed by atoms with van der Waals surface area (Å²) in [7, 11) is 1.75. The molecule has 1 aromatic heterocycles. The monoisotopic (exact) mass is 258 g/mol. The van der Waals surface area contributed by atoms with Crippen LogP contribution in [0.25, 0.3) is 10.9 Å². The summed E-state index contributed by atoms with van der Waals surface area (Å²) in [5, 5.41) is 4.68. The van der Waals surface area contributed by atoms with Crippen LogP contribution in [0.5, 0.6) is 0 Å². The molecule has 19 heavy (non-hydrogen) atoms. The molecule has 1 atom stereocenters. The van der Waals surface area contributed by atoms with Crippen molar-refractivity contribution in [2.75, 3.05) is 13.7 Å². The van der Waals surface area contributed by atoms with Crippen molar-refractivity contribution < 1.29 is 4.74 Å². The van der Waals surface area contributed by atoms with Crippen LogP contribution in [0, 0.1) is 0 Å². The molecule has 1 unspecified atom stereocenters. The lowest BCUT2D eigenvalue weighted by Crippen LogP contribution is -2.41. The maximum atomic E-state index is 5.67. The quantitative estimate of drug-likeness (QED) is 0.893. The molecule has 2 aromatic rings. The van der Waals surface area contributed by atoms with Gasteiger partial charge in [0.25, 0.3) is 0 Å². The van der Waals surface area contributed by atoms with Gasteiger partial charge in [-0.25, -0.2) is 0 Å². The van der Waals surface area contributed by atoms with Gasteiger partial charge in [-0.1, -0.05) is 31.2 Å². The molecule has 0 bridgehead atoms. The van der Waals surface area contributed by atoms with E-state index in [-0.39, 0.29) is 11.6 Å². The minimum Gasteiger partial charge on any atom is -0.377 e. The Kier molecular flexibility index (Phi) is 4.17. The van der Waals surface area contributed by atoms with Crippen molar-refractivity contribution in [2.24, 2.45) is 0 Å². The van der Waals surface area contributed by atoms with Gasteiger partial charge in [0.1, 0.15) is 0 Å². The van der Waals surface area contributed by atoms with Crippen LogP contribution in [0.2, 0.25) is 0 Å². The van der Waals surface area contributed by atoms with Crippen LogP contribution in [-0.4, -0.2) is 24.2 Å². The van der Waals surface area contributed by atoms with E-state index in [0.717, 1.165) is 17.4 Å². The van der Waals surface area contributed by atoms with E-state index in [1.54, 1.807) is 7.11 Å². The number of likely N-dealkylation sites (N-methyl/N-ethyl adjacent to an activating group) is 1. The Bertz CT molecular complexity index is 546. The van der Waals surface area contributed by atoms with E-state index in [1.165, 1.54) is 5.56 Å². The number of para-hydroxylation sites is 1. The standard InChI is InChI=1S/C16H22N2O/c1-5-17-15(16(2,3)19-4)13-10-6-8-12-9-7-11-18-14(12)13/h6-11,15,17H,5H2,1-4H3. The molecule has 0 radical (unpaired) electrons. The number of methoxy groups -OCH3 is 1. The lowest BCUT2D eigenvalue weighted by Gasteiger charge is -2.34. The minimum absolute atomic E-state index is 0.112. The number of aromatic nitrogens is 1. The van der Waals surface area contributed by atoms with E-state index in [0.29, 0.717) is 0 Å². The lowest BCUT2D eigenvalue weighted by molar-refractivity contribution is -0.0103. The van der Waals surface area contributed by atoms with Gasteiger partial charge < -0.3 is 10.1 Å². The highest BCUT2D eigenvalue weighted by molar-refractivity contribution is 5.82. The largest absolute Gasteiger partial charge is 0.377 e. The number of nitrogens with one attached hydrogen (secondary N) is 1. The third-order valence-electron chi connectivity index (χ3n) is 3.60. The summed E-state index contributed by atoms with van der Waals surface area (Å²) in [4.78, 5) is 4.54. The van der Waals surface area contributed by atoms with Gasteiger partial charge in [-0.05, 0) is 32.0 Å². The predicted molar refractivity (Wildman–Crippen MR) is 79.2 cm³/mol. The third-order valence-corrected chi connectivity index (χ3v) is 3.60. The second-order valence-corrected chi connectivity index (χ2v) is 5.22. The third kappa shape index (κ3) is 2.77. The molecule has 0 aliphatic rings. The van der Waals surface area contributed by atoms with Crippen molar-refractivity contribution in [2.45, 2.75) is 32.4 Å². The number of benzene rings is 1. The summed E-state index contributed by atoms with van der Waals surface area (Å²) >= 11 is 0. The van der Waals surface area contributed by atoms with Gasteiger partial charge in [0.15, 0.2) is 0 Å². The first-order valence-electron chi connectivity index (χ1n) is 6.72. The zero-order chi connectivity index (χ0) is 13.9. The molecule has 1 heterocycles. The highest BCUT2D eigenvalue weighted by atomic mass is 16.5. The summed E-state index contributed by atoms with van der Waals surface area (Å²) in [6.07, 6.45) is 1.84. The molecular weight excluding hydrogens is 236 g/mol. The molecule has 3 heteroatoms. The Morgan fingerprint density at radius 1 is 1.26 bits per heavy atom. The Hall–Kier alpha value is -1.45. The zero-order valence-corrected chi connectivity index (χ0v) is 12.1. The van der Waals surface area contributed by atoms with Gasteiger partial charge >= 0.3 is 0 Å². The van der Waals surface area contributed by atoms with Gasteiger partial charge in [-0.3, -0.25) is 4.98 Å². The molecule has 0 saturated carbocycles. The molecule has 0 amide bonds. The van der Waals surface area contributed by atoms with E-state index >= 15 is 0 Å². The smallest absolute Gasteiger partial charge is 0.0817 e. The van der Waals surface area contributed by atoms with E-state index in [1.807, 2.05) is 12.3 Å². The van der Waals surface area contributed by atoms with Gasteiger partial charge in [-0.2, -0.15) is 0 Å². The van der Waals surface area contributed by atoms with Crippen molar-refractivity contribution in [1.82, 2.24) is 10.3 Å². The minimum atomic E-state index is -0.290. The molecule has 1 aromatic carbocycles. The van der Waals surface area contributed by atoms with Crippen LogP contribution in [0.15, 0.2) is 36.5 Å². The molecule has 0 spiro atoms. The van der Waals surface area contributed by atoms with Crippen molar-refractivity contribution in [1.29, 1.82) is 0 Å². The number of pyridine rings is 1. The van der Waals surface area contributed by atoms with E-state index in [4.69, 9.17) is 4.74 Å². The highest BCUT2D eigenvalue weighted by Crippen LogP contribution is 2.32. The molecule has 2 rings (SSSR count). The molecule has 0 fully saturated rings. The van der Waals surface area contributed by atoms with Gasteiger partial charge in [-0.15, -0.1) is 0 Å². The number of hydrogen-bond acceptors (Lipinski definition) is 3. The van der Waals surface area contributed by atoms with E-state index in [2.05, 4.69) is 55.3 Å². The van der Waals surface area contributed by atoms with Gasteiger partial charge in [0, 0.05) is 18.7 Å². The summed E-state index contributed by atoms with van der Waals surface area (Å²) in [5.41, 5.74) is 1.94. The van der Waals surface area contributed by atoms with Crippen molar-refractivity contribution in [3.63, 3.8) is 0 Å². The maximum Gasteiger partial charge on any atom is 0.0817 e. The van der Waals surface area contributed by atoms with Crippen LogP contribution < -0.4 is 5.32 Å². The molecular formula is C16H22N2O. The predicted octanol–water partition coefficient (Wildman–Crippen LogP) is 3.31. The Morgan fingerprint density at radius 2 is 2.00 bits per heavy atom. The lowest BCUT2D eigenvalue weighted by atomic mass is 9.90. The van der Waals surface area contributed by atoms with E-state index in [9.17, 15) is 0 Å². The Morgan fingerprint density at radius 3 is 2.68 bits per heavy atom. The molecule has 0 aliphatic carbocycles.